The van der Waals surface area contributed by atoms with Gasteiger partial charge in [-0.2, -0.15) is 0 Å². The van der Waals surface area contributed by atoms with Crippen molar-refractivity contribution in [3.8, 4) is 0 Å². The first kappa shape index (κ1) is 13.9. The molecule has 1 aromatic carbocycles. The van der Waals surface area contributed by atoms with Crippen molar-refractivity contribution in [2.45, 2.75) is 37.7 Å². The number of hydrogen-bond acceptors (Lipinski definition) is 3. The van der Waals surface area contributed by atoms with Crippen LogP contribution in [0.3, 0.4) is 0 Å². The summed E-state index contributed by atoms with van der Waals surface area (Å²) in [7, 11) is -3.39. The van der Waals surface area contributed by atoms with Crippen molar-refractivity contribution in [2.75, 3.05) is 0 Å². The van der Waals surface area contributed by atoms with Crippen molar-refractivity contribution in [2.24, 2.45) is 0 Å². The second-order valence-corrected chi connectivity index (χ2v) is 6.95. The smallest absolute Gasteiger partial charge is 0.180 e. The van der Waals surface area contributed by atoms with Crippen molar-refractivity contribution in [3.63, 3.8) is 0 Å². The van der Waals surface area contributed by atoms with Gasteiger partial charge in [-0.3, -0.25) is 4.79 Å². The largest absolute Gasteiger partial charge is 0.293 e. The van der Waals surface area contributed by atoms with Gasteiger partial charge in [0.1, 0.15) is 5.25 Å². The molecule has 0 aliphatic rings. The fourth-order valence-corrected chi connectivity index (χ4v) is 3.24. The minimum atomic E-state index is -3.39. The van der Waals surface area contributed by atoms with Gasteiger partial charge >= 0.3 is 0 Å². The van der Waals surface area contributed by atoms with Crippen LogP contribution in [-0.2, 0) is 9.84 Å². The molecule has 0 amide bonds. The first-order chi connectivity index (χ1) is 7.91. The van der Waals surface area contributed by atoms with E-state index in [1.807, 2.05) is 0 Å². The Hall–Kier alpha value is -1.16. The SMILES string of the molecule is CCC(C(=O)c1ccccc1)S(=O)(=O)C(C)C. The Morgan fingerprint density at radius 1 is 1.18 bits per heavy atom. The fourth-order valence-electron chi connectivity index (χ4n) is 1.68. The van der Waals surface area contributed by atoms with E-state index < -0.39 is 20.3 Å². The molecule has 1 unspecified atom stereocenters. The molecule has 0 bridgehead atoms. The van der Waals surface area contributed by atoms with Gasteiger partial charge in [0.15, 0.2) is 15.6 Å². The van der Waals surface area contributed by atoms with Crippen molar-refractivity contribution in [1.82, 2.24) is 0 Å². The average molecular weight is 254 g/mol. The monoisotopic (exact) mass is 254 g/mol. The molecule has 0 aliphatic carbocycles. The maximum absolute atomic E-state index is 12.1. The van der Waals surface area contributed by atoms with Crippen LogP contribution in [0.4, 0.5) is 0 Å². The highest BCUT2D eigenvalue weighted by atomic mass is 32.2. The first-order valence-corrected chi connectivity index (χ1v) is 7.34. The average Bonchev–Trinajstić information content (AvgIpc) is 2.30. The Bertz CT molecular complexity index is 475. The molecule has 0 heterocycles. The summed E-state index contributed by atoms with van der Waals surface area (Å²) in [6.07, 6.45) is 0.314. The second kappa shape index (κ2) is 5.45. The van der Waals surface area contributed by atoms with Crippen molar-refractivity contribution in [1.29, 1.82) is 0 Å². The highest BCUT2D eigenvalue weighted by molar-refractivity contribution is 7.93. The van der Waals surface area contributed by atoms with Crippen LogP contribution in [0.1, 0.15) is 37.6 Å². The van der Waals surface area contributed by atoms with Crippen LogP contribution in [0.15, 0.2) is 30.3 Å². The summed E-state index contributed by atoms with van der Waals surface area (Å²) in [6.45, 7) is 4.94. The Balaban J connectivity index is 3.10. The van der Waals surface area contributed by atoms with Gasteiger partial charge < -0.3 is 0 Å². The van der Waals surface area contributed by atoms with Crippen LogP contribution in [0.2, 0.25) is 0 Å². The first-order valence-electron chi connectivity index (χ1n) is 5.73. The van der Waals surface area contributed by atoms with E-state index in [0.717, 1.165) is 0 Å². The molecular weight excluding hydrogens is 236 g/mol. The quantitative estimate of drug-likeness (QED) is 0.758. The van der Waals surface area contributed by atoms with E-state index >= 15 is 0 Å². The molecule has 1 atom stereocenters. The van der Waals surface area contributed by atoms with Crippen molar-refractivity contribution >= 4 is 15.6 Å². The van der Waals surface area contributed by atoms with Crippen LogP contribution in [0.25, 0.3) is 0 Å². The lowest BCUT2D eigenvalue weighted by Crippen LogP contribution is -2.34. The summed E-state index contributed by atoms with van der Waals surface area (Å²) in [5.74, 6) is -0.304. The van der Waals surface area contributed by atoms with Gasteiger partial charge in [-0.05, 0) is 20.3 Å². The molecule has 94 valence electrons. The van der Waals surface area contributed by atoms with Crippen LogP contribution >= 0.6 is 0 Å². The Kier molecular flexibility index (Phi) is 4.46. The van der Waals surface area contributed by atoms with Gasteiger partial charge in [-0.15, -0.1) is 0 Å². The normalized spacial score (nSPS) is 13.6. The molecule has 3 nitrogen and oxygen atoms in total. The summed E-state index contributed by atoms with van der Waals surface area (Å²) < 4.78 is 24.1. The fraction of sp³-hybridized carbons (Fsp3) is 0.462. The zero-order valence-electron chi connectivity index (χ0n) is 10.4. The standard InChI is InChI=1S/C13H18O3S/c1-4-12(17(15,16)10(2)3)13(14)11-8-6-5-7-9-11/h5-10,12H,4H2,1-3H3. The third kappa shape index (κ3) is 2.94. The molecule has 1 aromatic rings. The lowest BCUT2D eigenvalue weighted by molar-refractivity contribution is 0.0985. The molecule has 4 heteroatoms. The third-order valence-electron chi connectivity index (χ3n) is 2.78. The molecule has 0 fully saturated rings. The Morgan fingerprint density at radius 3 is 2.12 bits per heavy atom. The second-order valence-electron chi connectivity index (χ2n) is 4.26. The van der Waals surface area contributed by atoms with E-state index in [1.165, 1.54) is 0 Å². The van der Waals surface area contributed by atoms with Crippen LogP contribution < -0.4 is 0 Å². The van der Waals surface area contributed by atoms with Gasteiger partial charge in [0.25, 0.3) is 0 Å². The highest BCUT2D eigenvalue weighted by Gasteiger charge is 2.33. The number of ketones is 1. The molecule has 0 spiro atoms. The summed E-state index contributed by atoms with van der Waals surface area (Å²) in [5.41, 5.74) is 0.462. The minimum Gasteiger partial charge on any atom is -0.293 e. The van der Waals surface area contributed by atoms with Crippen LogP contribution in [-0.4, -0.2) is 24.7 Å². The maximum Gasteiger partial charge on any atom is 0.180 e. The van der Waals surface area contributed by atoms with Crippen LogP contribution in [0, 0.1) is 0 Å². The van der Waals surface area contributed by atoms with E-state index in [9.17, 15) is 13.2 Å². The zero-order chi connectivity index (χ0) is 13.1. The molecule has 1 rings (SSSR count). The lowest BCUT2D eigenvalue weighted by atomic mass is 10.1. The molecule has 0 radical (unpaired) electrons. The topological polar surface area (TPSA) is 51.2 Å². The molecule has 0 aromatic heterocycles. The molecule has 0 aliphatic heterocycles. The van der Waals surface area contributed by atoms with E-state index in [4.69, 9.17) is 0 Å². The van der Waals surface area contributed by atoms with E-state index in [-0.39, 0.29) is 5.78 Å². The summed E-state index contributed by atoms with van der Waals surface area (Å²) in [4.78, 5) is 12.1. The van der Waals surface area contributed by atoms with Gasteiger partial charge in [0.2, 0.25) is 0 Å². The summed E-state index contributed by atoms with van der Waals surface area (Å²) in [6, 6.07) is 8.58. The number of carbonyl (C=O) groups excluding carboxylic acids is 1. The third-order valence-corrected chi connectivity index (χ3v) is 5.43. The minimum absolute atomic E-state index is 0.304. The van der Waals surface area contributed by atoms with Crippen molar-refractivity contribution in [3.05, 3.63) is 35.9 Å². The molecule has 0 saturated carbocycles. The van der Waals surface area contributed by atoms with E-state index in [0.29, 0.717) is 12.0 Å². The Labute approximate surface area is 103 Å². The summed E-state index contributed by atoms with van der Waals surface area (Å²) >= 11 is 0. The number of benzene rings is 1. The van der Waals surface area contributed by atoms with E-state index in [1.54, 1.807) is 51.1 Å². The predicted octanol–water partition coefficient (Wildman–Crippen LogP) is 2.47. The van der Waals surface area contributed by atoms with E-state index in [2.05, 4.69) is 0 Å². The Morgan fingerprint density at radius 2 is 1.71 bits per heavy atom. The van der Waals surface area contributed by atoms with Gasteiger partial charge in [-0.1, -0.05) is 37.3 Å². The maximum atomic E-state index is 12.1. The predicted molar refractivity (Wildman–Crippen MR) is 68.9 cm³/mol. The number of sulfone groups is 1. The summed E-state index contributed by atoms with van der Waals surface area (Å²) in [5, 5.41) is -1.45. The number of Topliss-reactive ketones (excluding diaryl/α,β-unsaturated/α-hetero) is 1. The van der Waals surface area contributed by atoms with Gasteiger partial charge in [0, 0.05) is 5.56 Å². The molecule has 0 N–H and O–H groups in total. The highest BCUT2D eigenvalue weighted by Crippen LogP contribution is 2.17. The van der Waals surface area contributed by atoms with Gasteiger partial charge in [-0.25, -0.2) is 8.42 Å². The number of carbonyl (C=O) groups is 1. The lowest BCUT2D eigenvalue weighted by Gasteiger charge is -2.17. The molecular formula is C13H18O3S. The number of rotatable bonds is 5. The number of hydrogen-bond donors (Lipinski definition) is 0. The molecule has 0 saturated heterocycles. The molecule has 17 heavy (non-hydrogen) atoms. The van der Waals surface area contributed by atoms with Crippen LogP contribution in [0.5, 0.6) is 0 Å². The van der Waals surface area contributed by atoms with Gasteiger partial charge in [0.05, 0.1) is 5.25 Å². The van der Waals surface area contributed by atoms with Crippen molar-refractivity contribution < 1.29 is 13.2 Å². The zero-order valence-corrected chi connectivity index (χ0v) is 11.2.